The van der Waals surface area contributed by atoms with Crippen molar-refractivity contribution in [1.82, 2.24) is 0 Å². The number of halogens is 3. The standard InChI is InChI=1S/C14H11Br3N2O2/c15-8-4-9(16)6-10(5-8)18-14(21)19-13-3-1-2-12(17)11(13)7-20/h1-6,20H,7H2,(H2,18,19,21). The molecule has 0 radical (unpaired) electrons. The van der Waals surface area contributed by atoms with Gasteiger partial charge in [-0.1, -0.05) is 53.9 Å². The summed E-state index contributed by atoms with van der Waals surface area (Å²) in [5.74, 6) is 0. The summed E-state index contributed by atoms with van der Waals surface area (Å²) in [5.41, 5.74) is 1.83. The Kier molecular flexibility index (Phi) is 5.80. The van der Waals surface area contributed by atoms with Gasteiger partial charge in [-0.05, 0) is 30.3 Å². The highest BCUT2D eigenvalue weighted by molar-refractivity contribution is 9.11. The molecule has 0 atom stereocenters. The molecule has 0 aliphatic rings. The predicted molar refractivity (Wildman–Crippen MR) is 94.5 cm³/mol. The van der Waals surface area contributed by atoms with E-state index in [2.05, 4.69) is 58.4 Å². The van der Waals surface area contributed by atoms with Crippen LogP contribution >= 0.6 is 47.8 Å². The lowest BCUT2D eigenvalue weighted by Gasteiger charge is -2.12. The number of benzene rings is 2. The maximum absolute atomic E-state index is 12.0. The third-order valence-electron chi connectivity index (χ3n) is 2.65. The zero-order valence-corrected chi connectivity index (χ0v) is 15.4. The molecule has 7 heteroatoms. The molecule has 2 aromatic carbocycles. The van der Waals surface area contributed by atoms with Gasteiger partial charge in [0.25, 0.3) is 0 Å². The van der Waals surface area contributed by atoms with Crippen molar-refractivity contribution in [3.63, 3.8) is 0 Å². The lowest BCUT2D eigenvalue weighted by atomic mass is 10.2. The van der Waals surface area contributed by atoms with Crippen LogP contribution in [0.4, 0.5) is 16.2 Å². The van der Waals surface area contributed by atoms with Crippen LogP contribution in [0.3, 0.4) is 0 Å². The van der Waals surface area contributed by atoms with E-state index >= 15 is 0 Å². The molecule has 2 aromatic rings. The van der Waals surface area contributed by atoms with E-state index in [1.165, 1.54) is 0 Å². The molecule has 2 amide bonds. The number of aliphatic hydroxyl groups is 1. The molecule has 0 fully saturated rings. The van der Waals surface area contributed by atoms with Gasteiger partial charge in [0.2, 0.25) is 0 Å². The van der Waals surface area contributed by atoms with E-state index < -0.39 is 0 Å². The van der Waals surface area contributed by atoms with Crippen LogP contribution in [0.2, 0.25) is 0 Å². The van der Waals surface area contributed by atoms with E-state index in [0.29, 0.717) is 16.9 Å². The smallest absolute Gasteiger partial charge is 0.323 e. The second-order valence-electron chi connectivity index (χ2n) is 4.16. The zero-order chi connectivity index (χ0) is 15.4. The number of anilines is 2. The van der Waals surface area contributed by atoms with Gasteiger partial charge in [-0.25, -0.2) is 4.79 Å². The van der Waals surface area contributed by atoms with Crippen molar-refractivity contribution < 1.29 is 9.90 Å². The summed E-state index contributed by atoms with van der Waals surface area (Å²) in [6.45, 7) is -0.167. The monoisotopic (exact) mass is 476 g/mol. The molecule has 0 aliphatic carbocycles. The van der Waals surface area contributed by atoms with Crippen LogP contribution in [-0.2, 0) is 6.61 Å². The van der Waals surface area contributed by atoms with Gasteiger partial charge >= 0.3 is 6.03 Å². The quantitative estimate of drug-likeness (QED) is 0.574. The van der Waals surface area contributed by atoms with Crippen LogP contribution in [0.15, 0.2) is 49.8 Å². The molecule has 110 valence electrons. The normalized spacial score (nSPS) is 10.3. The Morgan fingerprint density at radius 1 is 1.05 bits per heavy atom. The third-order valence-corrected chi connectivity index (χ3v) is 4.30. The SMILES string of the molecule is O=C(Nc1cc(Br)cc(Br)c1)Nc1cccc(Br)c1CO. The van der Waals surface area contributed by atoms with Crippen molar-refractivity contribution in [1.29, 1.82) is 0 Å². The first-order chi connectivity index (χ1) is 9.99. The maximum atomic E-state index is 12.0. The number of hydrogen-bond donors (Lipinski definition) is 3. The number of urea groups is 1. The van der Waals surface area contributed by atoms with Crippen molar-refractivity contribution in [2.75, 3.05) is 10.6 Å². The molecule has 0 unspecified atom stereocenters. The van der Waals surface area contributed by atoms with Crippen molar-refractivity contribution >= 4 is 65.2 Å². The lowest BCUT2D eigenvalue weighted by Crippen LogP contribution is -2.20. The Bertz CT molecular complexity index is 657. The Morgan fingerprint density at radius 3 is 2.33 bits per heavy atom. The van der Waals surface area contributed by atoms with Crippen molar-refractivity contribution in [3.05, 3.63) is 55.4 Å². The summed E-state index contributed by atoms with van der Waals surface area (Å²) in [6.07, 6.45) is 0. The number of aliphatic hydroxyl groups excluding tert-OH is 1. The summed E-state index contributed by atoms with van der Waals surface area (Å²) >= 11 is 10.1. The summed E-state index contributed by atoms with van der Waals surface area (Å²) in [4.78, 5) is 12.0. The molecule has 0 heterocycles. The Balaban J connectivity index is 2.13. The number of rotatable bonds is 3. The Labute approximate surface area is 147 Å². The highest BCUT2D eigenvalue weighted by atomic mass is 79.9. The van der Waals surface area contributed by atoms with E-state index in [-0.39, 0.29) is 12.6 Å². The van der Waals surface area contributed by atoms with E-state index in [1.54, 1.807) is 30.3 Å². The van der Waals surface area contributed by atoms with Gasteiger partial charge in [0, 0.05) is 30.4 Å². The van der Waals surface area contributed by atoms with Crippen LogP contribution in [0.5, 0.6) is 0 Å². The van der Waals surface area contributed by atoms with Crippen LogP contribution < -0.4 is 10.6 Å². The van der Waals surface area contributed by atoms with E-state index in [4.69, 9.17) is 0 Å². The van der Waals surface area contributed by atoms with Crippen LogP contribution in [0, 0.1) is 0 Å². The molecule has 0 aliphatic heterocycles. The molecule has 0 saturated carbocycles. The zero-order valence-electron chi connectivity index (χ0n) is 10.7. The summed E-state index contributed by atoms with van der Waals surface area (Å²) in [5, 5.41) is 14.8. The van der Waals surface area contributed by atoms with E-state index in [0.717, 1.165) is 13.4 Å². The lowest BCUT2D eigenvalue weighted by molar-refractivity contribution is 0.262. The average molecular weight is 479 g/mol. The number of hydrogen-bond acceptors (Lipinski definition) is 2. The van der Waals surface area contributed by atoms with Gasteiger partial charge in [-0.2, -0.15) is 0 Å². The fraction of sp³-hybridized carbons (Fsp3) is 0.0714. The fourth-order valence-electron chi connectivity index (χ4n) is 1.75. The van der Waals surface area contributed by atoms with Gasteiger partial charge in [-0.3, -0.25) is 0 Å². The first kappa shape index (κ1) is 16.5. The van der Waals surface area contributed by atoms with Gasteiger partial charge < -0.3 is 15.7 Å². The molecule has 2 rings (SSSR count). The van der Waals surface area contributed by atoms with Crippen LogP contribution in [-0.4, -0.2) is 11.1 Å². The topological polar surface area (TPSA) is 61.4 Å². The minimum atomic E-state index is -0.382. The first-order valence-electron chi connectivity index (χ1n) is 5.92. The van der Waals surface area contributed by atoms with Gasteiger partial charge in [0.05, 0.1) is 6.61 Å². The average Bonchev–Trinajstić information content (AvgIpc) is 2.37. The summed E-state index contributed by atoms with van der Waals surface area (Å²) in [6, 6.07) is 10.4. The molecular weight excluding hydrogens is 468 g/mol. The van der Waals surface area contributed by atoms with E-state index in [1.807, 2.05) is 6.07 Å². The van der Waals surface area contributed by atoms with Crippen LogP contribution in [0.25, 0.3) is 0 Å². The van der Waals surface area contributed by atoms with Gasteiger partial charge in [-0.15, -0.1) is 0 Å². The minimum Gasteiger partial charge on any atom is -0.392 e. The Hall–Kier alpha value is -0.890. The largest absolute Gasteiger partial charge is 0.392 e. The van der Waals surface area contributed by atoms with Crippen molar-refractivity contribution in [2.24, 2.45) is 0 Å². The molecule has 0 saturated heterocycles. The molecule has 21 heavy (non-hydrogen) atoms. The first-order valence-corrected chi connectivity index (χ1v) is 8.30. The van der Waals surface area contributed by atoms with Crippen molar-refractivity contribution in [3.8, 4) is 0 Å². The second kappa shape index (κ2) is 7.40. The van der Waals surface area contributed by atoms with Gasteiger partial charge in [0.15, 0.2) is 0 Å². The molecule has 0 bridgehead atoms. The van der Waals surface area contributed by atoms with Gasteiger partial charge in [0.1, 0.15) is 0 Å². The maximum Gasteiger partial charge on any atom is 0.323 e. The predicted octanol–water partition coefficient (Wildman–Crippen LogP) is 5.11. The minimum absolute atomic E-state index is 0.167. The highest BCUT2D eigenvalue weighted by Crippen LogP contribution is 2.26. The second-order valence-corrected chi connectivity index (χ2v) is 6.85. The molecular formula is C14H11Br3N2O2. The molecule has 0 aromatic heterocycles. The summed E-state index contributed by atoms with van der Waals surface area (Å²) < 4.78 is 2.45. The molecule has 4 nitrogen and oxygen atoms in total. The van der Waals surface area contributed by atoms with E-state index in [9.17, 15) is 9.90 Å². The Morgan fingerprint density at radius 2 is 1.71 bits per heavy atom. The molecule has 3 N–H and O–H groups in total. The summed E-state index contributed by atoms with van der Waals surface area (Å²) in [7, 11) is 0. The van der Waals surface area contributed by atoms with Crippen molar-refractivity contribution in [2.45, 2.75) is 6.61 Å². The number of carbonyl (C=O) groups excluding carboxylic acids is 1. The third kappa shape index (κ3) is 4.54. The van der Waals surface area contributed by atoms with Crippen LogP contribution in [0.1, 0.15) is 5.56 Å². The number of amides is 2. The molecule has 0 spiro atoms. The number of nitrogens with one attached hydrogen (secondary N) is 2. The number of carbonyl (C=O) groups is 1. The highest BCUT2D eigenvalue weighted by Gasteiger charge is 2.09. The fourth-order valence-corrected chi connectivity index (χ4v) is 3.53.